The summed E-state index contributed by atoms with van der Waals surface area (Å²) in [5, 5.41) is 11.6. The van der Waals surface area contributed by atoms with Crippen LogP contribution in [0.25, 0.3) is 0 Å². The first-order chi connectivity index (χ1) is 9.51. The van der Waals surface area contributed by atoms with Crippen LogP contribution < -0.4 is 10.5 Å². The molecule has 0 heterocycles. The zero-order valence-electron chi connectivity index (χ0n) is 10.2. The highest BCUT2D eigenvalue weighted by Gasteiger charge is 2.17. The number of nitro groups is 1. The molecule has 0 saturated carbocycles. The highest BCUT2D eigenvalue weighted by Crippen LogP contribution is 2.36. The van der Waals surface area contributed by atoms with Crippen molar-refractivity contribution in [3.63, 3.8) is 0 Å². The van der Waals surface area contributed by atoms with Crippen molar-refractivity contribution in [2.75, 3.05) is 0 Å². The molecule has 0 saturated heterocycles. The van der Waals surface area contributed by atoms with Crippen LogP contribution in [0.2, 0.25) is 10.0 Å². The van der Waals surface area contributed by atoms with Gasteiger partial charge in [0, 0.05) is 17.6 Å². The average Bonchev–Trinajstić information content (AvgIpc) is 2.42. The molecule has 0 aromatic heterocycles. The SMILES string of the molecule is NCc1ccc(Oc2ccc(Cl)cc2[N+](=O)[O-])c(Cl)c1. The molecule has 0 amide bonds. The van der Waals surface area contributed by atoms with Crippen molar-refractivity contribution in [3.8, 4) is 11.5 Å². The van der Waals surface area contributed by atoms with Crippen LogP contribution >= 0.6 is 23.2 Å². The normalized spacial score (nSPS) is 10.3. The fourth-order valence-electron chi connectivity index (χ4n) is 1.59. The fourth-order valence-corrected chi connectivity index (χ4v) is 2.00. The Hall–Kier alpha value is -1.82. The topological polar surface area (TPSA) is 78.4 Å². The Morgan fingerprint density at radius 1 is 1.15 bits per heavy atom. The van der Waals surface area contributed by atoms with Crippen LogP contribution in [0, 0.1) is 10.1 Å². The number of ether oxygens (including phenoxy) is 1. The summed E-state index contributed by atoms with van der Waals surface area (Å²) in [5.41, 5.74) is 6.11. The van der Waals surface area contributed by atoms with Gasteiger partial charge in [0.25, 0.3) is 0 Å². The van der Waals surface area contributed by atoms with Crippen LogP contribution in [0.1, 0.15) is 5.56 Å². The van der Waals surface area contributed by atoms with Gasteiger partial charge in [0.1, 0.15) is 5.75 Å². The monoisotopic (exact) mass is 312 g/mol. The minimum Gasteiger partial charge on any atom is -0.449 e. The summed E-state index contributed by atoms with van der Waals surface area (Å²) in [7, 11) is 0. The minimum atomic E-state index is -0.566. The van der Waals surface area contributed by atoms with Crippen molar-refractivity contribution >= 4 is 28.9 Å². The van der Waals surface area contributed by atoms with E-state index in [2.05, 4.69) is 0 Å². The minimum absolute atomic E-state index is 0.0711. The highest BCUT2D eigenvalue weighted by atomic mass is 35.5. The first-order valence-corrected chi connectivity index (χ1v) is 6.37. The van der Waals surface area contributed by atoms with E-state index >= 15 is 0 Å². The zero-order chi connectivity index (χ0) is 14.7. The lowest BCUT2D eigenvalue weighted by Gasteiger charge is -2.09. The maximum atomic E-state index is 11.0. The lowest BCUT2D eigenvalue weighted by molar-refractivity contribution is -0.385. The summed E-state index contributed by atoms with van der Waals surface area (Å²) in [6, 6.07) is 9.16. The third-order valence-electron chi connectivity index (χ3n) is 2.57. The van der Waals surface area contributed by atoms with E-state index in [0.29, 0.717) is 17.3 Å². The second kappa shape index (κ2) is 6.09. The summed E-state index contributed by atoms with van der Waals surface area (Å²) in [4.78, 5) is 10.4. The molecule has 2 aromatic carbocycles. The van der Waals surface area contributed by atoms with Gasteiger partial charge in [0.05, 0.1) is 9.95 Å². The van der Waals surface area contributed by atoms with E-state index in [9.17, 15) is 10.1 Å². The molecule has 2 N–H and O–H groups in total. The maximum absolute atomic E-state index is 11.0. The molecule has 0 bridgehead atoms. The molecule has 7 heteroatoms. The third-order valence-corrected chi connectivity index (χ3v) is 3.10. The van der Waals surface area contributed by atoms with E-state index in [1.54, 1.807) is 18.2 Å². The molecule has 0 fully saturated rings. The largest absolute Gasteiger partial charge is 0.449 e. The lowest BCUT2D eigenvalue weighted by Crippen LogP contribution is -1.97. The van der Waals surface area contributed by atoms with Crippen LogP contribution in [0.3, 0.4) is 0 Å². The second-order valence-electron chi connectivity index (χ2n) is 3.94. The molecule has 2 aromatic rings. The van der Waals surface area contributed by atoms with E-state index in [1.807, 2.05) is 0 Å². The van der Waals surface area contributed by atoms with E-state index < -0.39 is 4.92 Å². The number of benzene rings is 2. The molecule has 0 radical (unpaired) electrons. The molecule has 5 nitrogen and oxygen atoms in total. The van der Waals surface area contributed by atoms with Crippen LogP contribution in [0.4, 0.5) is 5.69 Å². The van der Waals surface area contributed by atoms with Gasteiger partial charge in [-0.3, -0.25) is 10.1 Å². The van der Waals surface area contributed by atoms with Gasteiger partial charge in [0.15, 0.2) is 0 Å². The summed E-state index contributed by atoms with van der Waals surface area (Å²) < 4.78 is 5.48. The van der Waals surface area contributed by atoms with Crippen molar-refractivity contribution in [2.45, 2.75) is 6.54 Å². The first-order valence-electron chi connectivity index (χ1n) is 5.61. The van der Waals surface area contributed by atoms with Crippen molar-refractivity contribution in [1.29, 1.82) is 0 Å². The summed E-state index contributed by atoms with van der Waals surface area (Å²) in [6.45, 7) is 0.348. The molecule has 2 rings (SSSR count). The number of nitrogens with two attached hydrogens (primary N) is 1. The van der Waals surface area contributed by atoms with E-state index in [-0.39, 0.29) is 16.5 Å². The molecular formula is C13H10Cl2N2O3. The second-order valence-corrected chi connectivity index (χ2v) is 4.78. The number of halogens is 2. The van der Waals surface area contributed by atoms with Gasteiger partial charge < -0.3 is 10.5 Å². The number of nitrogens with zero attached hydrogens (tertiary/aromatic N) is 1. The molecule has 0 unspecified atom stereocenters. The van der Waals surface area contributed by atoms with E-state index in [4.69, 9.17) is 33.7 Å². The van der Waals surface area contributed by atoms with Crippen molar-refractivity contribution in [3.05, 3.63) is 62.1 Å². The van der Waals surface area contributed by atoms with Crippen LogP contribution in [-0.2, 0) is 6.54 Å². The van der Waals surface area contributed by atoms with Crippen LogP contribution in [0.15, 0.2) is 36.4 Å². The number of hydrogen-bond donors (Lipinski definition) is 1. The smallest absolute Gasteiger partial charge is 0.313 e. The Kier molecular flexibility index (Phi) is 4.44. The Morgan fingerprint density at radius 3 is 2.45 bits per heavy atom. The van der Waals surface area contributed by atoms with Gasteiger partial charge in [-0.1, -0.05) is 29.3 Å². The quantitative estimate of drug-likeness (QED) is 0.679. The van der Waals surface area contributed by atoms with Gasteiger partial charge in [-0.25, -0.2) is 0 Å². The van der Waals surface area contributed by atoms with Crippen molar-refractivity contribution in [2.24, 2.45) is 5.73 Å². The average molecular weight is 313 g/mol. The summed E-state index contributed by atoms with van der Waals surface area (Å²) in [6.07, 6.45) is 0. The van der Waals surface area contributed by atoms with Gasteiger partial charge in [0.2, 0.25) is 5.75 Å². The molecule has 0 aliphatic rings. The molecule has 0 aliphatic heterocycles. The Balaban J connectivity index is 2.37. The standard InChI is InChI=1S/C13H10Cl2N2O3/c14-9-2-4-13(11(6-9)17(18)19)20-12-3-1-8(7-16)5-10(12)15/h1-6H,7,16H2. The molecule has 104 valence electrons. The first kappa shape index (κ1) is 14.6. The Labute approximate surface area is 125 Å². The number of nitro benzene ring substituents is 1. The summed E-state index contributed by atoms with van der Waals surface area (Å²) in [5.74, 6) is 0.385. The lowest BCUT2D eigenvalue weighted by atomic mass is 10.2. The Bertz CT molecular complexity index is 662. The molecule has 20 heavy (non-hydrogen) atoms. The van der Waals surface area contributed by atoms with Crippen molar-refractivity contribution in [1.82, 2.24) is 0 Å². The van der Waals surface area contributed by atoms with Crippen molar-refractivity contribution < 1.29 is 9.66 Å². The fraction of sp³-hybridized carbons (Fsp3) is 0.0769. The molecular weight excluding hydrogens is 303 g/mol. The molecule has 0 aliphatic carbocycles. The van der Waals surface area contributed by atoms with Crippen LogP contribution in [0.5, 0.6) is 11.5 Å². The van der Waals surface area contributed by atoms with E-state index in [1.165, 1.54) is 18.2 Å². The molecule has 0 spiro atoms. The number of rotatable bonds is 4. The third kappa shape index (κ3) is 3.19. The predicted octanol–water partition coefficient (Wildman–Crippen LogP) is 4.15. The van der Waals surface area contributed by atoms with Gasteiger partial charge in [-0.15, -0.1) is 0 Å². The highest BCUT2D eigenvalue weighted by molar-refractivity contribution is 6.32. The summed E-state index contributed by atoms with van der Waals surface area (Å²) >= 11 is 11.8. The van der Waals surface area contributed by atoms with Gasteiger partial charge >= 0.3 is 5.69 Å². The number of hydrogen-bond acceptors (Lipinski definition) is 4. The zero-order valence-corrected chi connectivity index (χ0v) is 11.7. The maximum Gasteiger partial charge on any atom is 0.313 e. The van der Waals surface area contributed by atoms with Gasteiger partial charge in [-0.05, 0) is 29.8 Å². The predicted molar refractivity (Wildman–Crippen MR) is 77.5 cm³/mol. The van der Waals surface area contributed by atoms with E-state index in [0.717, 1.165) is 5.56 Å². The molecule has 0 atom stereocenters. The van der Waals surface area contributed by atoms with Gasteiger partial charge in [-0.2, -0.15) is 0 Å². The Morgan fingerprint density at radius 2 is 1.85 bits per heavy atom. The van der Waals surface area contributed by atoms with Crippen LogP contribution in [-0.4, -0.2) is 4.92 Å².